The Hall–Kier alpha value is -2.74. The quantitative estimate of drug-likeness (QED) is 0.497. The Balaban J connectivity index is 1.93. The number of hydrogen-bond acceptors (Lipinski definition) is 6. The molecule has 2 aromatic rings. The van der Waals surface area contributed by atoms with E-state index in [0.717, 1.165) is 4.88 Å². The summed E-state index contributed by atoms with van der Waals surface area (Å²) in [4.78, 5) is 35.0. The topological polar surface area (TPSA) is 98.5 Å². The number of ether oxygens (including phenoxy) is 1. The predicted octanol–water partition coefficient (Wildman–Crippen LogP) is 2.44. The van der Waals surface area contributed by atoms with Crippen LogP contribution in [0.3, 0.4) is 0 Å². The standard InChI is InChI=1S/C15H14N2O5S/c1-10-4-2-6-12(14(10)17(20)21)15(19)22-9-13(18)16-8-11-5-3-7-23-11/h2-7H,8-9H2,1H3,(H,16,18). The first-order valence-corrected chi connectivity index (χ1v) is 7.57. The molecule has 120 valence electrons. The fourth-order valence-corrected chi connectivity index (χ4v) is 2.57. The van der Waals surface area contributed by atoms with Gasteiger partial charge in [0.05, 0.1) is 11.5 Å². The van der Waals surface area contributed by atoms with Gasteiger partial charge in [0.1, 0.15) is 5.56 Å². The van der Waals surface area contributed by atoms with Crippen molar-refractivity contribution in [3.63, 3.8) is 0 Å². The molecule has 1 aromatic heterocycles. The average molecular weight is 334 g/mol. The van der Waals surface area contributed by atoms with Crippen LogP contribution in [0.1, 0.15) is 20.8 Å². The zero-order chi connectivity index (χ0) is 16.8. The molecule has 8 heteroatoms. The van der Waals surface area contributed by atoms with Crippen molar-refractivity contribution < 1.29 is 19.2 Å². The first-order chi connectivity index (χ1) is 11.0. The Bertz CT molecular complexity index is 727. The van der Waals surface area contributed by atoms with Gasteiger partial charge in [0.2, 0.25) is 0 Å². The number of para-hydroxylation sites is 1. The third kappa shape index (κ3) is 4.36. The minimum Gasteiger partial charge on any atom is -0.452 e. The molecule has 0 aliphatic carbocycles. The Kier molecular flexibility index (Phi) is 5.42. The summed E-state index contributed by atoms with van der Waals surface area (Å²) in [6.45, 7) is 1.39. The number of benzene rings is 1. The predicted molar refractivity (Wildman–Crippen MR) is 84.3 cm³/mol. The van der Waals surface area contributed by atoms with Crippen LogP contribution in [0.4, 0.5) is 5.69 Å². The van der Waals surface area contributed by atoms with Gasteiger partial charge in [-0.05, 0) is 24.4 Å². The van der Waals surface area contributed by atoms with Crippen molar-refractivity contribution in [2.24, 2.45) is 0 Å². The van der Waals surface area contributed by atoms with E-state index in [-0.39, 0.29) is 11.3 Å². The maximum Gasteiger partial charge on any atom is 0.345 e. The van der Waals surface area contributed by atoms with Crippen LogP contribution >= 0.6 is 11.3 Å². The summed E-state index contributed by atoms with van der Waals surface area (Å²) in [5.41, 5.74) is -0.121. The van der Waals surface area contributed by atoms with Gasteiger partial charge in [-0.25, -0.2) is 4.79 Å². The molecule has 0 aliphatic rings. The molecule has 0 saturated heterocycles. The highest BCUT2D eigenvalue weighted by Gasteiger charge is 2.24. The number of esters is 1. The summed E-state index contributed by atoms with van der Waals surface area (Å²) >= 11 is 1.50. The molecule has 1 N–H and O–H groups in total. The number of hydrogen-bond donors (Lipinski definition) is 1. The van der Waals surface area contributed by atoms with Crippen LogP contribution in [0.5, 0.6) is 0 Å². The molecule has 0 aliphatic heterocycles. The molecule has 0 atom stereocenters. The molecule has 2 rings (SSSR count). The number of nitrogens with one attached hydrogen (secondary N) is 1. The lowest BCUT2D eigenvalue weighted by atomic mass is 10.1. The molecule has 7 nitrogen and oxygen atoms in total. The first kappa shape index (κ1) is 16.6. The Labute approximate surface area is 136 Å². The third-order valence-corrected chi connectivity index (χ3v) is 3.89. The van der Waals surface area contributed by atoms with Gasteiger partial charge in [-0.3, -0.25) is 14.9 Å². The number of thiophene rings is 1. The second-order valence-corrected chi connectivity index (χ2v) is 5.69. The van der Waals surface area contributed by atoms with Crippen molar-refractivity contribution in [2.45, 2.75) is 13.5 Å². The first-order valence-electron chi connectivity index (χ1n) is 6.69. The van der Waals surface area contributed by atoms with Crippen molar-refractivity contribution >= 4 is 28.9 Å². The normalized spacial score (nSPS) is 10.1. The summed E-state index contributed by atoms with van der Waals surface area (Å²) in [7, 11) is 0. The van der Waals surface area contributed by atoms with Crippen LogP contribution in [0.25, 0.3) is 0 Å². The lowest BCUT2D eigenvalue weighted by molar-refractivity contribution is -0.385. The monoisotopic (exact) mass is 334 g/mol. The molecule has 1 aromatic carbocycles. The van der Waals surface area contributed by atoms with E-state index in [4.69, 9.17) is 4.74 Å². The van der Waals surface area contributed by atoms with Crippen molar-refractivity contribution in [3.05, 3.63) is 61.8 Å². The number of nitro groups is 1. The zero-order valence-electron chi connectivity index (χ0n) is 12.3. The number of nitro benzene ring substituents is 1. The summed E-state index contributed by atoms with van der Waals surface area (Å²) in [5.74, 6) is -1.37. The Morgan fingerprint density at radius 3 is 2.74 bits per heavy atom. The Morgan fingerprint density at radius 2 is 2.09 bits per heavy atom. The van der Waals surface area contributed by atoms with Crippen molar-refractivity contribution in [2.75, 3.05) is 6.61 Å². The molecular formula is C15H14N2O5S. The van der Waals surface area contributed by atoms with Gasteiger partial charge in [-0.2, -0.15) is 0 Å². The molecule has 0 fully saturated rings. The summed E-state index contributed by atoms with van der Waals surface area (Å²) in [6, 6.07) is 8.09. The molecule has 0 bridgehead atoms. The molecule has 0 unspecified atom stereocenters. The Morgan fingerprint density at radius 1 is 1.30 bits per heavy atom. The lowest BCUT2D eigenvalue weighted by Gasteiger charge is -2.07. The van der Waals surface area contributed by atoms with Crippen LogP contribution in [0.15, 0.2) is 35.7 Å². The zero-order valence-corrected chi connectivity index (χ0v) is 13.1. The van der Waals surface area contributed by atoms with Gasteiger partial charge >= 0.3 is 5.97 Å². The maximum absolute atomic E-state index is 12.0. The van der Waals surface area contributed by atoms with Crippen LogP contribution < -0.4 is 5.32 Å². The van der Waals surface area contributed by atoms with Gasteiger partial charge < -0.3 is 10.1 Å². The summed E-state index contributed by atoms with van der Waals surface area (Å²) in [6.07, 6.45) is 0. The van der Waals surface area contributed by atoms with E-state index in [0.29, 0.717) is 12.1 Å². The number of carbonyl (C=O) groups excluding carboxylic acids is 2. The number of rotatable bonds is 6. The van der Waals surface area contributed by atoms with Crippen LogP contribution in [-0.4, -0.2) is 23.4 Å². The van der Waals surface area contributed by atoms with E-state index < -0.39 is 23.4 Å². The third-order valence-electron chi connectivity index (χ3n) is 3.01. The highest BCUT2D eigenvalue weighted by atomic mass is 32.1. The minimum atomic E-state index is -0.897. The number of amides is 1. The van der Waals surface area contributed by atoms with Crippen molar-refractivity contribution in [3.8, 4) is 0 Å². The van der Waals surface area contributed by atoms with Crippen LogP contribution in [0, 0.1) is 17.0 Å². The van der Waals surface area contributed by atoms with Gasteiger partial charge in [-0.15, -0.1) is 11.3 Å². The molecule has 1 heterocycles. The number of carbonyl (C=O) groups is 2. The molecule has 1 amide bonds. The highest BCUT2D eigenvalue weighted by molar-refractivity contribution is 7.09. The van der Waals surface area contributed by atoms with Crippen molar-refractivity contribution in [1.29, 1.82) is 0 Å². The van der Waals surface area contributed by atoms with Crippen molar-refractivity contribution in [1.82, 2.24) is 5.32 Å². The maximum atomic E-state index is 12.0. The molecule has 0 saturated carbocycles. The largest absolute Gasteiger partial charge is 0.452 e. The van der Waals surface area contributed by atoms with E-state index in [1.165, 1.54) is 36.5 Å². The van der Waals surface area contributed by atoms with E-state index in [1.54, 1.807) is 0 Å². The van der Waals surface area contributed by atoms with Gasteiger partial charge in [-0.1, -0.05) is 18.2 Å². The molecule has 23 heavy (non-hydrogen) atoms. The molecular weight excluding hydrogens is 320 g/mol. The van der Waals surface area contributed by atoms with E-state index in [9.17, 15) is 19.7 Å². The minimum absolute atomic E-state index is 0.166. The van der Waals surface area contributed by atoms with Gasteiger partial charge in [0, 0.05) is 10.4 Å². The lowest BCUT2D eigenvalue weighted by Crippen LogP contribution is -2.28. The second-order valence-electron chi connectivity index (χ2n) is 4.66. The molecule has 0 radical (unpaired) electrons. The fraction of sp³-hybridized carbons (Fsp3) is 0.200. The van der Waals surface area contributed by atoms with Crippen LogP contribution in [0.2, 0.25) is 0 Å². The highest BCUT2D eigenvalue weighted by Crippen LogP contribution is 2.23. The van der Waals surface area contributed by atoms with Gasteiger partial charge in [0.25, 0.3) is 11.6 Å². The molecule has 0 spiro atoms. The van der Waals surface area contributed by atoms with E-state index in [2.05, 4.69) is 5.32 Å². The number of nitrogens with zero attached hydrogens (tertiary/aromatic N) is 1. The fourth-order valence-electron chi connectivity index (χ4n) is 1.92. The SMILES string of the molecule is Cc1cccc(C(=O)OCC(=O)NCc2cccs2)c1[N+](=O)[O-]. The van der Waals surface area contributed by atoms with E-state index >= 15 is 0 Å². The average Bonchev–Trinajstić information content (AvgIpc) is 3.03. The second kappa shape index (κ2) is 7.50. The number of aryl methyl sites for hydroxylation is 1. The van der Waals surface area contributed by atoms with E-state index in [1.807, 2.05) is 17.5 Å². The smallest absolute Gasteiger partial charge is 0.345 e. The summed E-state index contributed by atoms with van der Waals surface area (Å²) < 4.78 is 4.85. The van der Waals surface area contributed by atoms with Crippen LogP contribution in [-0.2, 0) is 16.1 Å². The summed E-state index contributed by atoms with van der Waals surface area (Å²) in [5, 5.41) is 15.5. The van der Waals surface area contributed by atoms with Gasteiger partial charge in [0.15, 0.2) is 6.61 Å².